The molecule has 0 aliphatic carbocycles. The van der Waals surface area contributed by atoms with Gasteiger partial charge in [0.25, 0.3) is 0 Å². The number of aromatic nitrogens is 6. The van der Waals surface area contributed by atoms with Crippen LogP contribution in [0, 0.1) is 5.82 Å². The van der Waals surface area contributed by atoms with Crippen molar-refractivity contribution >= 4 is 21.9 Å². The first-order chi connectivity index (χ1) is 17.6. The summed E-state index contributed by atoms with van der Waals surface area (Å²) in [6.07, 6.45) is 7.07. The number of pyridine rings is 3. The van der Waals surface area contributed by atoms with Crippen molar-refractivity contribution < 1.29 is 9.50 Å². The molecular weight excluding hydrogens is 457 g/mol. The Balaban J connectivity index is 1.44. The molecule has 178 valence electrons. The summed E-state index contributed by atoms with van der Waals surface area (Å²) in [5.41, 5.74) is 7.03. The molecule has 0 aliphatic rings. The second-order valence-electron chi connectivity index (χ2n) is 8.55. The van der Waals surface area contributed by atoms with Crippen LogP contribution in [-0.2, 0) is 6.54 Å². The molecule has 9 heteroatoms. The molecule has 36 heavy (non-hydrogen) atoms. The molecule has 0 fully saturated rings. The van der Waals surface area contributed by atoms with Gasteiger partial charge in [0.2, 0.25) is 0 Å². The number of nitrogens with one attached hydrogen (secondary N) is 3. The lowest BCUT2D eigenvalue weighted by Gasteiger charge is -2.05. The van der Waals surface area contributed by atoms with Crippen LogP contribution in [0.3, 0.4) is 0 Å². The fraction of sp³-hybridized carbons (Fsp3) is 0.111. The van der Waals surface area contributed by atoms with Gasteiger partial charge in [-0.1, -0.05) is 6.92 Å². The Bertz CT molecular complexity index is 1700. The molecule has 0 spiro atoms. The van der Waals surface area contributed by atoms with Crippen LogP contribution in [0.1, 0.15) is 12.5 Å². The highest BCUT2D eigenvalue weighted by Gasteiger charge is 2.16. The Hall–Kier alpha value is -4.63. The predicted octanol–water partition coefficient (Wildman–Crippen LogP) is 5.18. The van der Waals surface area contributed by atoms with Crippen molar-refractivity contribution in [2.75, 3.05) is 6.54 Å². The zero-order valence-electron chi connectivity index (χ0n) is 19.4. The molecule has 6 aromatic rings. The molecule has 0 radical (unpaired) electrons. The van der Waals surface area contributed by atoms with Gasteiger partial charge in [-0.3, -0.25) is 15.1 Å². The number of rotatable bonds is 6. The highest BCUT2D eigenvalue weighted by molar-refractivity contribution is 6.00. The molecule has 5 aromatic heterocycles. The minimum Gasteiger partial charge on any atom is -0.508 e. The van der Waals surface area contributed by atoms with Gasteiger partial charge < -0.3 is 15.4 Å². The number of benzene rings is 1. The third-order valence-corrected chi connectivity index (χ3v) is 6.10. The van der Waals surface area contributed by atoms with Crippen molar-refractivity contribution in [1.29, 1.82) is 0 Å². The number of phenolic OH excluding ortho intramolecular Hbond substituents is 1. The highest BCUT2D eigenvalue weighted by atomic mass is 19.1. The zero-order valence-corrected chi connectivity index (χ0v) is 19.4. The van der Waals surface area contributed by atoms with Crippen molar-refractivity contribution in [3.05, 3.63) is 78.6 Å². The summed E-state index contributed by atoms with van der Waals surface area (Å²) in [5, 5.41) is 22.5. The first-order valence-electron chi connectivity index (χ1n) is 11.6. The van der Waals surface area contributed by atoms with Gasteiger partial charge in [-0.15, -0.1) is 0 Å². The summed E-state index contributed by atoms with van der Waals surface area (Å²) in [6.45, 7) is 3.69. The van der Waals surface area contributed by atoms with E-state index in [1.54, 1.807) is 24.7 Å². The maximum absolute atomic E-state index is 14.0. The molecule has 0 aliphatic heterocycles. The van der Waals surface area contributed by atoms with Gasteiger partial charge in [0.15, 0.2) is 0 Å². The van der Waals surface area contributed by atoms with Crippen molar-refractivity contribution in [3.63, 3.8) is 0 Å². The van der Waals surface area contributed by atoms with E-state index in [1.165, 1.54) is 12.1 Å². The molecule has 0 saturated carbocycles. The SMILES string of the molecule is CCNCc1cncc(-c2cc3c(-c4cc5c(-c6cc(O)cc(F)c6)ccnc5[nH]4)n[nH]c3cn2)c1. The topological polar surface area (TPSA) is 115 Å². The summed E-state index contributed by atoms with van der Waals surface area (Å²) < 4.78 is 14.0. The number of nitrogens with zero attached hydrogens (tertiary/aromatic N) is 4. The van der Waals surface area contributed by atoms with E-state index in [0.29, 0.717) is 11.2 Å². The number of hydrogen-bond donors (Lipinski definition) is 4. The van der Waals surface area contributed by atoms with Gasteiger partial charge in [0, 0.05) is 47.5 Å². The van der Waals surface area contributed by atoms with Gasteiger partial charge >= 0.3 is 0 Å². The summed E-state index contributed by atoms with van der Waals surface area (Å²) >= 11 is 0. The molecule has 0 saturated heterocycles. The van der Waals surface area contributed by atoms with Crippen LogP contribution in [0.15, 0.2) is 67.3 Å². The molecule has 8 nitrogen and oxygen atoms in total. The molecule has 0 bridgehead atoms. The largest absolute Gasteiger partial charge is 0.508 e. The zero-order chi connectivity index (χ0) is 24.6. The monoisotopic (exact) mass is 479 g/mol. The van der Waals surface area contributed by atoms with E-state index in [-0.39, 0.29) is 5.75 Å². The summed E-state index contributed by atoms with van der Waals surface area (Å²) in [7, 11) is 0. The molecule has 6 rings (SSSR count). The number of halogens is 1. The molecule has 0 amide bonds. The van der Waals surface area contributed by atoms with E-state index in [4.69, 9.17) is 0 Å². The van der Waals surface area contributed by atoms with E-state index in [2.05, 4.69) is 48.4 Å². The first-order valence-corrected chi connectivity index (χ1v) is 11.6. The van der Waals surface area contributed by atoms with Gasteiger partial charge in [0.05, 0.1) is 23.1 Å². The molecule has 4 N–H and O–H groups in total. The third-order valence-electron chi connectivity index (χ3n) is 6.10. The minimum atomic E-state index is -0.506. The maximum Gasteiger partial charge on any atom is 0.138 e. The number of fused-ring (bicyclic) bond motifs is 2. The predicted molar refractivity (Wildman–Crippen MR) is 137 cm³/mol. The summed E-state index contributed by atoms with van der Waals surface area (Å²) in [5.74, 6) is -0.638. The lowest BCUT2D eigenvalue weighted by Crippen LogP contribution is -2.11. The van der Waals surface area contributed by atoms with Gasteiger partial charge in [-0.25, -0.2) is 9.37 Å². The van der Waals surface area contributed by atoms with Gasteiger partial charge in [-0.05, 0) is 59.6 Å². The summed E-state index contributed by atoms with van der Waals surface area (Å²) in [4.78, 5) is 16.8. The Labute approximate surface area is 205 Å². The molecule has 5 heterocycles. The highest BCUT2D eigenvalue weighted by Crippen LogP contribution is 2.35. The van der Waals surface area contributed by atoms with Crippen LogP contribution in [0.5, 0.6) is 5.75 Å². The second-order valence-corrected chi connectivity index (χ2v) is 8.55. The Morgan fingerprint density at radius 3 is 2.75 bits per heavy atom. The van der Waals surface area contributed by atoms with Gasteiger partial charge in [-0.2, -0.15) is 5.10 Å². The number of phenols is 1. The van der Waals surface area contributed by atoms with Crippen LogP contribution >= 0.6 is 0 Å². The van der Waals surface area contributed by atoms with Crippen LogP contribution in [0.2, 0.25) is 0 Å². The molecule has 0 atom stereocenters. The van der Waals surface area contributed by atoms with E-state index in [9.17, 15) is 9.50 Å². The molecule has 0 unspecified atom stereocenters. The molecular formula is C27H22FN7O. The van der Waals surface area contributed by atoms with Gasteiger partial charge in [0.1, 0.15) is 22.9 Å². The van der Waals surface area contributed by atoms with Crippen molar-refractivity contribution in [1.82, 2.24) is 35.5 Å². The van der Waals surface area contributed by atoms with E-state index in [0.717, 1.165) is 69.2 Å². The average molecular weight is 480 g/mol. The Morgan fingerprint density at radius 1 is 0.972 bits per heavy atom. The summed E-state index contributed by atoms with van der Waals surface area (Å²) in [6, 6.07) is 11.8. The quantitative estimate of drug-likeness (QED) is 0.262. The number of H-pyrrole nitrogens is 2. The van der Waals surface area contributed by atoms with Crippen LogP contribution < -0.4 is 5.32 Å². The Kier molecular flexibility index (Phi) is 5.38. The fourth-order valence-corrected chi connectivity index (χ4v) is 4.41. The van der Waals surface area contributed by atoms with Crippen molar-refractivity contribution in [3.8, 4) is 39.5 Å². The number of hydrogen-bond acceptors (Lipinski definition) is 6. The first kappa shape index (κ1) is 21.9. The number of aromatic hydroxyl groups is 1. The smallest absolute Gasteiger partial charge is 0.138 e. The average Bonchev–Trinajstić information content (AvgIpc) is 3.50. The fourth-order valence-electron chi connectivity index (χ4n) is 4.41. The van der Waals surface area contributed by atoms with Crippen molar-refractivity contribution in [2.24, 2.45) is 0 Å². The lowest BCUT2D eigenvalue weighted by molar-refractivity contribution is 0.469. The van der Waals surface area contributed by atoms with Crippen LogP contribution in [0.4, 0.5) is 4.39 Å². The number of aromatic amines is 2. The minimum absolute atomic E-state index is 0.131. The molecule has 1 aromatic carbocycles. The third kappa shape index (κ3) is 3.95. The lowest BCUT2D eigenvalue weighted by atomic mass is 10.0. The van der Waals surface area contributed by atoms with E-state index in [1.807, 2.05) is 18.3 Å². The van der Waals surface area contributed by atoms with Crippen LogP contribution in [0.25, 0.3) is 55.7 Å². The second kappa shape index (κ2) is 8.86. The maximum atomic E-state index is 14.0. The Morgan fingerprint density at radius 2 is 1.89 bits per heavy atom. The van der Waals surface area contributed by atoms with E-state index >= 15 is 0 Å². The standard InChI is InChI=1S/C27H22FN7O/c1-2-29-11-15-5-17(13-30-12-15)23-10-22-25(14-32-23)34-35-26(22)24-9-21-20(3-4-31-27(21)33-24)16-6-18(28)8-19(36)7-16/h3-10,12-14,29,36H,2,11H2,1H3,(H,31,33)(H,34,35). The van der Waals surface area contributed by atoms with E-state index < -0.39 is 5.82 Å². The normalized spacial score (nSPS) is 11.5. The van der Waals surface area contributed by atoms with Crippen molar-refractivity contribution in [2.45, 2.75) is 13.5 Å². The van der Waals surface area contributed by atoms with Crippen LogP contribution in [-0.4, -0.2) is 41.8 Å².